The van der Waals surface area contributed by atoms with E-state index in [4.69, 9.17) is 4.42 Å². The second-order valence-electron chi connectivity index (χ2n) is 5.91. The zero-order chi connectivity index (χ0) is 20.1. The molecular formula is C19H15BrN6O2S. The summed E-state index contributed by atoms with van der Waals surface area (Å²) in [6.45, 7) is 0.418. The van der Waals surface area contributed by atoms with Crippen LogP contribution in [0, 0.1) is 0 Å². The molecule has 8 nitrogen and oxygen atoms in total. The van der Waals surface area contributed by atoms with Crippen molar-refractivity contribution in [2.45, 2.75) is 11.7 Å². The predicted octanol–water partition coefficient (Wildman–Crippen LogP) is 3.87. The van der Waals surface area contributed by atoms with Gasteiger partial charge in [0, 0.05) is 22.6 Å². The minimum Gasteiger partial charge on any atom is -0.467 e. The van der Waals surface area contributed by atoms with E-state index in [1.165, 1.54) is 11.8 Å². The zero-order valence-corrected chi connectivity index (χ0v) is 17.4. The van der Waals surface area contributed by atoms with E-state index in [1.807, 2.05) is 41.0 Å². The van der Waals surface area contributed by atoms with Crippen LogP contribution in [0.5, 0.6) is 0 Å². The molecule has 0 aliphatic carbocycles. The number of anilines is 1. The summed E-state index contributed by atoms with van der Waals surface area (Å²) in [5, 5.41) is 12.0. The lowest BCUT2D eigenvalue weighted by Crippen LogP contribution is -2.14. The number of amides is 1. The molecule has 29 heavy (non-hydrogen) atoms. The smallest absolute Gasteiger partial charge is 0.234 e. The molecule has 3 aromatic heterocycles. The molecule has 0 saturated carbocycles. The lowest BCUT2D eigenvalue weighted by atomic mass is 10.3. The molecule has 1 aromatic carbocycles. The van der Waals surface area contributed by atoms with E-state index in [-0.39, 0.29) is 11.7 Å². The Morgan fingerprint density at radius 3 is 2.90 bits per heavy atom. The minimum atomic E-state index is -0.137. The van der Waals surface area contributed by atoms with Gasteiger partial charge in [-0.05, 0) is 30.3 Å². The van der Waals surface area contributed by atoms with Gasteiger partial charge in [-0.1, -0.05) is 33.8 Å². The van der Waals surface area contributed by atoms with Crippen molar-refractivity contribution in [3.05, 3.63) is 71.5 Å². The van der Waals surface area contributed by atoms with Crippen molar-refractivity contribution < 1.29 is 9.21 Å². The van der Waals surface area contributed by atoms with Crippen LogP contribution >= 0.6 is 27.7 Å². The van der Waals surface area contributed by atoms with Gasteiger partial charge in [-0.15, -0.1) is 10.2 Å². The van der Waals surface area contributed by atoms with Crippen LogP contribution in [0.2, 0.25) is 0 Å². The molecule has 0 fully saturated rings. The third kappa shape index (κ3) is 4.90. The van der Waals surface area contributed by atoms with Gasteiger partial charge in [-0.2, -0.15) is 0 Å². The average Bonchev–Trinajstić information content (AvgIpc) is 3.38. The van der Waals surface area contributed by atoms with Crippen LogP contribution in [0.1, 0.15) is 5.76 Å². The Hall–Kier alpha value is -2.98. The normalized spacial score (nSPS) is 10.8. The highest BCUT2D eigenvalue weighted by molar-refractivity contribution is 9.10. The highest BCUT2D eigenvalue weighted by Gasteiger charge is 2.18. The van der Waals surface area contributed by atoms with Crippen LogP contribution in [0.15, 0.2) is 75.3 Å². The third-order valence-electron chi connectivity index (χ3n) is 3.84. The molecule has 4 rings (SSSR count). The molecule has 1 amide bonds. The van der Waals surface area contributed by atoms with Crippen LogP contribution in [-0.2, 0) is 11.3 Å². The number of benzene rings is 1. The Balaban J connectivity index is 1.52. The van der Waals surface area contributed by atoms with Crippen molar-refractivity contribution in [2.75, 3.05) is 11.1 Å². The molecule has 146 valence electrons. The molecule has 0 bridgehead atoms. The maximum Gasteiger partial charge on any atom is 0.234 e. The van der Waals surface area contributed by atoms with Gasteiger partial charge in [0.2, 0.25) is 5.91 Å². The first-order valence-corrected chi connectivity index (χ1v) is 10.4. The molecular weight excluding hydrogens is 456 g/mol. The third-order valence-corrected chi connectivity index (χ3v) is 5.30. The molecule has 3 heterocycles. The van der Waals surface area contributed by atoms with Gasteiger partial charge >= 0.3 is 0 Å². The molecule has 0 spiro atoms. The van der Waals surface area contributed by atoms with E-state index in [9.17, 15) is 4.79 Å². The predicted molar refractivity (Wildman–Crippen MR) is 112 cm³/mol. The lowest BCUT2D eigenvalue weighted by molar-refractivity contribution is -0.113. The summed E-state index contributed by atoms with van der Waals surface area (Å²) in [4.78, 5) is 20.8. The zero-order valence-electron chi connectivity index (χ0n) is 15.0. The average molecular weight is 471 g/mol. The van der Waals surface area contributed by atoms with Gasteiger partial charge in [0.1, 0.15) is 11.5 Å². The Kier molecular flexibility index (Phi) is 6.01. The van der Waals surface area contributed by atoms with E-state index >= 15 is 0 Å². The number of hydrogen-bond acceptors (Lipinski definition) is 7. The molecule has 0 atom stereocenters. The monoisotopic (exact) mass is 470 g/mol. The summed E-state index contributed by atoms with van der Waals surface area (Å²) in [6.07, 6.45) is 6.43. The van der Waals surface area contributed by atoms with Crippen LogP contribution in [-0.4, -0.2) is 36.4 Å². The molecule has 0 unspecified atom stereocenters. The summed E-state index contributed by atoms with van der Waals surface area (Å²) in [5.41, 5.74) is 1.32. The topological polar surface area (TPSA) is 98.7 Å². The second-order valence-corrected chi connectivity index (χ2v) is 7.77. The summed E-state index contributed by atoms with van der Waals surface area (Å²) >= 11 is 4.68. The van der Waals surface area contributed by atoms with Crippen LogP contribution < -0.4 is 5.32 Å². The minimum absolute atomic E-state index is 0.137. The number of aromatic nitrogens is 5. The highest BCUT2D eigenvalue weighted by Crippen LogP contribution is 2.24. The number of nitrogens with zero attached hydrogens (tertiary/aromatic N) is 5. The lowest BCUT2D eigenvalue weighted by Gasteiger charge is -2.09. The molecule has 0 saturated heterocycles. The number of carbonyl (C=O) groups excluding carboxylic acids is 1. The number of hydrogen-bond donors (Lipinski definition) is 1. The first kappa shape index (κ1) is 19.3. The molecule has 10 heteroatoms. The molecule has 4 aromatic rings. The Morgan fingerprint density at radius 1 is 1.21 bits per heavy atom. The maximum absolute atomic E-state index is 12.4. The van der Waals surface area contributed by atoms with Gasteiger partial charge in [-0.25, -0.2) is 4.98 Å². The summed E-state index contributed by atoms with van der Waals surface area (Å²) < 4.78 is 8.22. The molecule has 0 radical (unpaired) electrons. The van der Waals surface area contributed by atoms with Crippen molar-refractivity contribution in [2.24, 2.45) is 0 Å². The highest BCUT2D eigenvalue weighted by atomic mass is 79.9. The van der Waals surface area contributed by atoms with Gasteiger partial charge in [0.15, 0.2) is 11.0 Å². The van der Waals surface area contributed by atoms with Gasteiger partial charge in [0.05, 0.1) is 24.8 Å². The molecule has 1 N–H and O–H groups in total. The summed E-state index contributed by atoms with van der Waals surface area (Å²) in [7, 11) is 0. The quantitative estimate of drug-likeness (QED) is 0.409. The Labute approximate surface area is 178 Å². The SMILES string of the molecule is O=C(CSc1nnc(-c2cnccn2)n1Cc1ccco1)Nc1cccc(Br)c1. The van der Waals surface area contributed by atoms with Gasteiger partial charge in [-0.3, -0.25) is 14.3 Å². The summed E-state index contributed by atoms with van der Waals surface area (Å²) in [5.74, 6) is 1.35. The number of halogens is 1. The van der Waals surface area contributed by atoms with E-state index < -0.39 is 0 Å². The van der Waals surface area contributed by atoms with Gasteiger partial charge in [0.25, 0.3) is 0 Å². The first-order chi connectivity index (χ1) is 14.2. The first-order valence-electron chi connectivity index (χ1n) is 8.59. The fourth-order valence-corrected chi connectivity index (χ4v) is 3.73. The molecule has 0 aliphatic rings. The second kappa shape index (κ2) is 9.01. The van der Waals surface area contributed by atoms with Crippen LogP contribution in [0.25, 0.3) is 11.5 Å². The summed E-state index contributed by atoms with van der Waals surface area (Å²) in [6, 6.07) is 11.1. The van der Waals surface area contributed by atoms with E-state index in [1.54, 1.807) is 24.9 Å². The number of carbonyl (C=O) groups is 1. The van der Waals surface area contributed by atoms with Crippen molar-refractivity contribution in [1.29, 1.82) is 0 Å². The Bertz CT molecular complexity index is 1100. The fourth-order valence-electron chi connectivity index (χ4n) is 2.59. The standard InChI is InChI=1S/C19H15BrN6O2S/c20-13-3-1-4-14(9-13)23-17(27)12-29-19-25-24-18(16-10-21-6-7-22-16)26(19)11-15-5-2-8-28-15/h1-10H,11-12H2,(H,23,27). The maximum atomic E-state index is 12.4. The van der Waals surface area contributed by atoms with Crippen molar-refractivity contribution in [1.82, 2.24) is 24.7 Å². The van der Waals surface area contributed by atoms with Crippen molar-refractivity contribution >= 4 is 39.3 Å². The number of furan rings is 1. The van der Waals surface area contributed by atoms with E-state index in [0.29, 0.717) is 23.2 Å². The van der Waals surface area contributed by atoms with Crippen molar-refractivity contribution in [3.63, 3.8) is 0 Å². The fraction of sp³-hybridized carbons (Fsp3) is 0.105. The number of rotatable bonds is 7. The Morgan fingerprint density at radius 2 is 2.14 bits per heavy atom. The van der Waals surface area contributed by atoms with E-state index in [2.05, 4.69) is 41.4 Å². The largest absolute Gasteiger partial charge is 0.467 e. The number of nitrogens with one attached hydrogen (secondary N) is 1. The number of thioether (sulfide) groups is 1. The molecule has 0 aliphatic heterocycles. The van der Waals surface area contributed by atoms with Crippen LogP contribution in [0.4, 0.5) is 5.69 Å². The van der Waals surface area contributed by atoms with Crippen molar-refractivity contribution in [3.8, 4) is 11.5 Å². The van der Waals surface area contributed by atoms with Gasteiger partial charge < -0.3 is 9.73 Å². The van der Waals surface area contributed by atoms with Crippen LogP contribution in [0.3, 0.4) is 0 Å². The van der Waals surface area contributed by atoms with E-state index in [0.717, 1.165) is 15.9 Å².